The van der Waals surface area contributed by atoms with Crippen LogP contribution in [0.25, 0.3) is 132 Å². The predicted octanol–water partition coefficient (Wildman–Crippen LogP) is 20.6. The Hall–Kier alpha value is -9.88. The molecular weight excluding hydrogens is 925 g/mol. The second-order valence-electron chi connectivity index (χ2n) is 21.1. The number of benzene rings is 14. The summed E-state index contributed by atoms with van der Waals surface area (Å²) in [6.45, 7) is 0. The number of hydrogen-bond donors (Lipinski definition) is 0. The van der Waals surface area contributed by atoms with Gasteiger partial charge in [0.05, 0.1) is 5.41 Å². The van der Waals surface area contributed by atoms with Crippen molar-refractivity contribution in [2.75, 3.05) is 0 Å². The van der Waals surface area contributed by atoms with Gasteiger partial charge in [-0.3, -0.25) is 0 Å². The van der Waals surface area contributed by atoms with Crippen LogP contribution in [0.5, 0.6) is 0 Å². The molecule has 2 aliphatic rings. The van der Waals surface area contributed by atoms with Gasteiger partial charge in [-0.25, -0.2) is 0 Å². The molecule has 0 bridgehead atoms. The van der Waals surface area contributed by atoms with E-state index in [0.717, 1.165) is 0 Å². The molecule has 0 amide bonds. The van der Waals surface area contributed by atoms with Crippen LogP contribution in [0.3, 0.4) is 0 Å². The van der Waals surface area contributed by atoms with Gasteiger partial charge in [0.2, 0.25) is 0 Å². The highest BCUT2D eigenvalue weighted by atomic mass is 14.5. The van der Waals surface area contributed by atoms with Gasteiger partial charge in [-0.05, 0) is 203 Å². The van der Waals surface area contributed by atoms with Gasteiger partial charge in [-0.1, -0.05) is 243 Å². The Morgan fingerprint density at radius 1 is 0.156 bits per heavy atom. The van der Waals surface area contributed by atoms with Crippen molar-refractivity contribution >= 4 is 43.1 Å². The van der Waals surface area contributed by atoms with E-state index in [2.05, 4.69) is 291 Å². The highest BCUT2D eigenvalue weighted by Crippen LogP contribution is 2.63. The lowest BCUT2D eigenvalue weighted by Crippen LogP contribution is -2.25. The average molecular weight is 973 g/mol. The van der Waals surface area contributed by atoms with Crippen LogP contribution in [0.2, 0.25) is 0 Å². The largest absolute Gasteiger partial charge is 0.0725 e. The summed E-state index contributed by atoms with van der Waals surface area (Å²) in [5.74, 6) is 0. The van der Waals surface area contributed by atoms with E-state index in [4.69, 9.17) is 0 Å². The van der Waals surface area contributed by atoms with Crippen LogP contribution in [-0.2, 0) is 5.41 Å². The lowest BCUT2D eigenvalue weighted by atomic mass is 9.70. The normalized spacial score (nSPS) is 12.8. The SMILES string of the molecule is c1ccc2c(c1)-c1cc(-c3cc(-c4cccc5ccccc45)cc(-c4cccc5ccccc45)c3)ccc1C21c2ccccc2-c2cc(-c3cc(-c4cccc5ccccc45)cc(-c4cccc5ccccc45)c3)ccc21. The zero-order valence-electron chi connectivity index (χ0n) is 42.2. The summed E-state index contributed by atoms with van der Waals surface area (Å²) >= 11 is 0. The molecule has 0 nitrogen and oxygen atoms in total. The standard InChI is InChI=1S/C77H48/c1-5-25-61-49(17-1)21-13-31-65(61)57-41-55(42-58(45-57)66-32-14-22-50-18-2-6-26-62(50)66)53-37-39-75-71(47-53)69-29-9-11-35-73(69)77(75)74-36-12-10-30-70(74)72-48-54(38-40-76(72)77)56-43-59(67-33-15-23-51-19-3-7-27-63(51)67)46-60(44-56)68-34-16-24-52-20-4-8-28-64(52)68/h1-48H. The maximum absolute atomic E-state index is 2.49. The van der Waals surface area contributed by atoms with Gasteiger partial charge in [0, 0.05) is 0 Å². The minimum Gasteiger partial charge on any atom is -0.0619 e. The fraction of sp³-hybridized carbons (Fsp3) is 0.0130. The summed E-state index contributed by atoms with van der Waals surface area (Å²) in [4.78, 5) is 0. The van der Waals surface area contributed by atoms with E-state index in [-0.39, 0.29) is 0 Å². The number of hydrogen-bond acceptors (Lipinski definition) is 0. The first-order chi connectivity index (χ1) is 38.2. The molecule has 0 N–H and O–H groups in total. The summed E-state index contributed by atoms with van der Waals surface area (Å²) < 4.78 is 0. The molecule has 0 heteroatoms. The second kappa shape index (κ2) is 17.1. The van der Waals surface area contributed by atoms with E-state index in [9.17, 15) is 0 Å². The molecule has 356 valence electrons. The van der Waals surface area contributed by atoms with Crippen molar-refractivity contribution in [3.8, 4) is 89.0 Å². The Kier molecular flexibility index (Phi) is 9.65. The molecule has 16 rings (SSSR count). The van der Waals surface area contributed by atoms with Gasteiger partial charge in [0.25, 0.3) is 0 Å². The van der Waals surface area contributed by atoms with E-state index in [1.807, 2.05) is 0 Å². The fourth-order valence-electron chi connectivity index (χ4n) is 13.6. The zero-order valence-corrected chi connectivity index (χ0v) is 42.2. The third-order valence-corrected chi connectivity index (χ3v) is 17.0. The topological polar surface area (TPSA) is 0 Å². The molecule has 14 aromatic rings. The summed E-state index contributed by atoms with van der Waals surface area (Å²) in [5.41, 5.74) is 24.6. The minimum absolute atomic E-state index is 0.493. The monoisotopic (exact) mass is 972 g/mol. The summed E-state index contributed by atoms with van der Waals surface area (Å²) in [5, 5.41) is 9.99. The van der Waals surface area contributed by atoms with Crippen LogP contribution in [-0.4, -0.2) is 0 Å². The average Bonchev–Trinajstić information content (AvgIpc) is 4.10. The summed E-state index contributed by atoms with van der Waals surface area (Å²) in [6.07, 6.45) is 0. The van der Waals surface area contributed by atoms with Gasteiger partial charge in [0.15, 0.2) is 0 Å². The molecule has 0 aromatic heterocycles. The Morgan fingerprint density at radius 3 is 0.766 bits per heavy atom. The van der Waals surface area contributed by atoms with Crippen LogP contribution < -0.4 is 0 Å². The van der Waals surface area contributed by atoms with Crippen molar-refractivity contribution in [1.29, 1.82) is 0 Å². The Balaban J connectivity index is 0.884. The molecular formula is C77H48. The van der Waals surface area contributed by atoms with Crippen LogP contribution >= 0.6 is 0 Å². The van der Waals surface area contributed by atoms with Gasteiger partial charge >= 0.3 is 0 Å². The predicted molar refractivity (Wildman–Crippen MR) is 325 cm³/mol. The highest BCUT2D eigenvalue weighted by molar-refractivity contribution is 6.05. The third kappa shape index (κ3) is 6.65. The molecule has 2 aliphatic carbocycles. The van der Waals surface area contributed by atoms with Crippen molar-refractivity contribution in [3.63, 3.8) is 0 Å². The maximum atomic E-state index is 2.49. The fourth-order valence-corrected chi connectivity index (χ4v) is 13.6. The van der Waals surface area contributed by atoms with Crippen molar-refractivity contribution in [3.05, 3.63) is 313 Å². The quantitative estimate of drug-likeness (QED) is 0.156. The summed E-state index contributed by atoms with van der Waals surface area (Å²) in [6, 6.07) is 109. The molecule has 14 aromatic carbocycles. The molecule has 77 heavy (non-hydrogen) atoms. The lowest BCUT2D eigenvalue weighted by molar-refractivity contribution is 0.794. The van der Waals surface area contributed by atoms with Crippen LogP contribution in [0.4, 0.5) is 0 Å². The van der Waals surface area contributed by atoms with Crippen LogP contribution in [0.1, 0.15) is 22.3 Å². The third-order valence-electron chi connectivity index (χ3n) is 17.0. The minimum atomic E-state index is -0.493. The Labute approximate surface area is 448 Å². The first kappa shape index (κ1) is 43.5. The first-order valence-electron chi connectivity index (χ1n) is 26.9. The number of fused-ring (bicyclic) bond motifs is 14. The molecule has 1 spiro atoms. The van der Waals surface area contributed by atoms with Crippen molar-refractivity contribution in [1.82, 2.24) is 0 Å². The molecule has 0 radical (unpaired) electrons. The van der Waals surface area contributed by atoms with Crippen molar-refractivity contribution in [2.24, 2.45) is 0 Å². The van der Waals surface area contributed by atoms with Crippen LogP contribution in [0, 0.1) is 0 Å². The Morgan fingerprint density at radius 2 is 0.416 bits per heavy atom. The van der Waals surface area contributed by atoms with Gasteiger partial charge in [0.1, 0.15) is 0 Å². The van der Waals surface area contributed by atoms with E-state index >= 15 is 0 Å². The first-order valence-corrected chi connectivity index (χ1v) is 26.9. The van der Waals surface area contributed by atoms with E-state index in [1.165, 1.54) is 154 Å². The van der Waals surface area contributed by atoms with Crippen LogP contribution in [0.15, 0.2) is 291 Å². The molecule has 0 saturated carbocycles. The van der Waals surface area contributed by atoms with Gasteiger partial charge in [-0.2, -0.15) is 0 Å². The zero-order chi connectivity index (χ0) is 50.6. The van der Waals surface area contributed by atoms with Crippen molar-refractivity contribution < 1.29 is 0 Å². The second-order valence-corrected chi connectivity index (χ2v) is 21.1. The molecule has 0 aliphatic heterocycles. The molecule has 0 saturated heterocycles. The smallest absolute Gasteiger partial charge is 0.0619 e. The molecule has 0 unspecified atom stereocenters. The number of rotatable bonds is 6. The van der Waals surface area contributed by atoms with Crippen molar-refractivity contribution in [2.45, 2.75) is 5.41 Å². The van der Waals surface area contributed by atoms with E-state index in [1.54, 1.807) is 0 Å². The van der Waals surface area contributed by atoms with E-state index in [0.29, 0.717) is 0 Å². The van der Waals surface area contributed by atoms with E-state index < -0.39 is 5.41 Å². The maximum Gasteiger partial charge on any atom is 0.0725 e. The van der Waals surface area contributed by atoms with Gasteiger partial charge < -0.3 is 0 Å². The highest BCUT2D eigenvalue weighted by Gasteiger charge is 2.51. The lowest BCUT2D eigenvalue weighted by Gasteiger charge is -2.30. The molecule has 0 atom stereocenters. The molecule has 0 heterocycles. The van der Waals surface area contributed by atoms with Gasteiger partial charge in [-0.15, -0.1) is 0 Å². The summed E-state index contributed by atoms with van der Waals surface area (Å²) in [7, 11) is 0. The molecule has 0 fully saturated rings. The Bertz CT molecular complexity index is 4240.